The lowest BCUT2D eigenvalue weighted by atomic mass is 10.1. The fourth-order valence-corrected chi connectivity index (χ4v) is 4.40. The Morgan fingerprint density at radius 1 is 1.14 bits per heavy atom. The number of hydrogen-bond acceptors (Lipinski definition) is 4. The molecule has 1 heterocycles. The van der Waals surface area contributed by atoms with Crippen LogP contribution in [0.1, 0.15) is 22.3 Å². The molecule has 28 heavy (non-hydrogen) atoms. The molecule has 1 saturated heterocycles. The summed E-state index contributed by atoms with van der Waals surface area (Å²) in [5.41, 5.74) is 1.66. The van der Waals surface area contributed by atoms with Gasteiger partial charge in [-0.25, -0.2) is 8.42 Å². The molecule has 6 nitrogen and oxygen atoms in total. The average molecular weight is 424 g/mol. The van der Waals surface area contributed by atoms with Crippen molar-refractivity contribution in [3.05, 3.63) is 59.7 Å². The lowest BCUT2D eigenvalue weighted by molar-refractivity contribution is 0.0788. The number of halogens is 1. The second-order valence-electron chi connectivity index (χ2n) is 6.93. The molecule has 0 bridgehead atoms. The van der Waals surface area contributed by atoms with Gasteiger partial charge in [0.1, 0.15) is 0 Å². The molecule has 1 aliphatic rings. The van der Waals surface area contributed by atoms with Crippen molar-refractivity contribution in [2.24, 2.45) is 5.92 Å². The monoisotopic (exact) mass is 423 g/mol. The Hall–Kier alpha value is -2.09. The zero-order valence-electron chi connectivity index (χ0n) is 16.0. The summed E-state index contributed by atoms with van der Waals surface area (Å²) < 4.78 is 28.0. The van der Waals surface area contributed by atoms with Crippen LogP contribution in [0.5, 0.6) is 0 Å². The fourth-order valence-electron chi connectivity index (χ4n) is 3.32. The molecule has 2 aromatic carbocycles. The quantitative estimate of drug-likeness (QED) is 0.748. The Kier molecular flexibility index (Phi) is 7.46. The molecule has 1 aliphatic heterocycles. The first-order chi connectivity index (χ1) is 12.9. The van der Waals surface area contributed by atoms with E-state index in [0.29, 0.717) is 30.3 Å². The number of benzene rings is 2. The molecular weight excluding hydrogens is 398 g/mol. The van der Waals surface area contributed by atoms with Crippen molar-refractivity contribution in [1.29, 1.82) is 0 Å². The summed E-state index contributed by atoms with van der Waals surface area (Å²) in [6, 6.07) is 13.4. The van der Waals surface area contributed by atoms with E-state index in [-0.39, 0.29) is 23.2 Å². The lowest BCUT2D eigenvalue weighted by Crippen LogP contribution is -2.31. The number of para-hydroxylation sites is 1. The van der Waals surface area contributed by atoms with Crippen LogP contribution in [0.2, 0.25) is 0 Å². The Morgan fingerprint density at radius 3 is 2.50 bits per heavy atom. The van der Waals surface area contributed by atoms with Gasteiger partial charge in [0.15, 0.2) is 0 Å². The summed E-state index contributed by atoms with van der Waals surface area (Å²) >= 11 is 0. The summed E-state index contributed by atoms with van der Waals surface area (Å²) in [4.78, 5) is 14.9. The summed E-state index contributed by atoms with van der Waals surface area (Å²) in [6.07, 6.45) is 0.948. The second-order valence-corrected chi connectivity index (χ2v) is 8.61. The predicted octanol–water partition coefficient (Wildman–Crippen LogP) is 2.90. The highest BCUT2D eigenvalue weighted by molar-refractivity contribution is 7.92. The van der Waals surface area contributed by atoms with Gasteiger partial charge in [0.25, 0.3) is 15.9 Å². The molecule has 1 amide bonds. The molecule has 0 aromatic heterocycles. The number of nitrogens with zero attached hydrogens (tertiary/aromatic N) is 1. The minimum atomic E-state index is -3.76. The number of amides is 1. The maximum Gasteiger partial charge on any atom is 0.261 e. The van der Waals surface area contributed by atoms with Crippen LogP contribution in [0.3, 0.4) is 0 Å². The van der Waals surface area contributed by atoms with E-state index in [9.17, 15) is 13.2 Å². The van der Waals surface area contributed by atoms with Crippen molar-refractivity contribution in [2.75, 3.05) is 31.4 Å². The highest BCUT2D eigenvalue weighted by Crippen LogP contribution is 2.24. The summed E-state index contributed by atoms with van der Waals surface area (Å²) in [5, 5.41) is 3.14. The first-order valence-electron chi connectivity index (χ1n) is 9.03. The van der Waals surface area contributed by atoms with Gasteiger partial charge >= 0.3 is 0 Å². The van der Waals surface area contributed by atoms with Crippen LogP contribution in [0, 0.1) is 12.8 Å². The average Bonchev–Trinajstić information content (AvgIpc) is 3.11. The second kappa shape index (κ2) is 9.41. The van der Waals surface area contributed by atoms with E-state index < -0.39 is 10.0 Å². The third-order valence-corrected chi connectivity index (χ3v) is 6.18. The van der Waals surface area contributed by atoms with Crippen molar-refractivity contribution < 1.29 is 13.2 Å². The van der Waals surface area contributed by atoms with Gasteiger partial charge < -0.3 is 10.2 Å². The molecule has 8 heteroatoms. The number of carbonyl (C=O) groups excluding carboxylic acids is 1. The fraction of sp³-hybridized carbons (Fsp3) is 0.350. The lowest BCUT2D eigenvalue weighted by Gasteiger charge is -2.19. The van der Waals surface area contributed by atoms with Crippen LogP contribution in [0.4, 0.5) is 5.69 Å². The number of nitrogens with one attached hydrogen (secondary N) is 2. The minimum Gasteiger partial charge on any atom is -0.338 e. The van der Waals surface area contributed by atoms with Gasteiger partial charge in [-0.05, 0) is 57.1 Å². The molecular formula is C20H26ClN3O3S. The van der Waals surface area contributed by atoms with E-state index in [4.69, 9.17) is 0 Å². The molecule has 1 unspecified atom stereocenters. The first-order valence-corrected chi connectivity index (χ1v) is 10.5. The maximum absolute atomic E-state index is 13.0. The van der Waals surface area contributed by atoms with E-state index in [2.05, 4.69) is 10.0 Å². The molecule has 0 spiro atoms. The van der Waals surface area contributed by atoms with Crippen molar-refractivity contribution in [3.63, 3.8) is 0 Å². The number of rotatable bonds is 6. The van der Waals surface area contributed by atoms with Gasteiger partial charge in [-0.3, -0.25) is 9.52 Å². The van der Waals surface area contributed by atoms with E-state index in [1.54, 1.807) is 53.4 Å². The SMILES string of the molecule is CNCC1CCN(C(=O)c2ccccc2NS(=O)(=O)c2ccc(C)cc2)C1.Cl. The van der Waals surface area contributed by atoms with E-state index in [0.717, 1.165) is 18.5 Å². The topological polar surface area (TPSA) is 78.5 Å². The zero-order chi connectivity index (χ0) is 19.4. The molecule has 2 N–H and O–H groups in total. The molecule has 0 saturated carbocycles. The van der Waals surface area contributed by atoms with Crippen LogP contribution >= 0.6 is 12.4 Å². The van der Waals surface area contributed by atoms with Gasteiger partial charge in [0, 0.05) is 13.1 Å². The Labute approximate surface area is 172 Å². The predicted molar refractivity (Wildman–Crippen MR) is 114 cm³/mol. The van der Waals surface area contributed by atoms with Gasteiger partial charge in [-0.15, -0.1) is 12.4 Å². The number of anilines is 1. The maximum atomic E-state index is 13.0. The Morgan fingerprint density at radius 2 is 1.82 bits per heavy atom. The summed E-state index contributed by atoms with van der Waals surface area (Å²) in [6.45, 7) is 4.13. The van der Waals surface area contributed by atoms with Crippen molar-refractivity contribution in [2.45, 2.75) is 18.2 Å². The minimum absolute atomic E-state index is 0. The smallest absolute Gasteiger partial charge is 0.261 e. The summed E-state index contributed by atoms with van der Waals surface area (Å²) in [5.74, 6) is 0.283. The largest absolute Gasteiger partial charge is 0.338 e. The van der Waals surface area contributed by atoms with Gasteiger partial charge in [0.2, 0.25) is 0 Å². The molecule has 152 valence electrons. The molecule has 2 aromatic rings. The highest BCUT2D eigenvalue weighted by atomic mass is 35.5. The Balaban J connectivity index is 0.00000280. The Bertz CT molecular complexity index is 917. The normalized spacial score (nSPS) is 16.5. The molecule has 0 aliphatic carbocycles. The number of sulfonamides is 1. The standard InChI is InChI=1S/C20H25N3O3S.ClH/c1-15-7-9-17(10-8-15)27(25,26)22-19-6-4-3-5-18(19)20(24)23-12-11-16(14-23)13-21-2;/h3-10,16,21-22H,11-14H2,1-2H3;1H. The van der Waals surface area contributed by atoms with Crippen molar-refractivity contribution in [3.8, 4) is 0 Å². The van der Waals surface area contributed by atoms with Gasteiger partial charge in [0.05, 0.1) is 16.1 Å². The number of likely N-dealkylation sites (tertiary alicyclic amines) is 1. The third-order valence-electron chi connectivity index (χ3n) is 4.80. The van der Waals surface area contributed by atoms with E-state index >= 15 is 0 Å². The van der Waals surface area contributed by atoms with Crippen LogP contribution in [-0.4, -0.2) is 45.9 Å². The summed E-state index contributed by atoms with van der Waals surface area (Å²) in [7, 11) is -1.86. The van der Waals surface area contributed by atoms with Crippen LogP contribution in [-0.2, 0) is 10.0 Å². The van der Waals surface area contributed by atoms with Crippen LogP contribution < -0.4 is 10.0 Å². The number of carbonyl (C=O) groups is 1. The van der Waals surface area contributed by atoms with Crippen LogP contribution in [0.25, 0.3) is 0 Å². The van der Waals surface area contributed by atoms with Crippen molar-refractivity contribution >= 4 is 34.0 Å². The highest BCUT2D eigenvalue weighted by Gasteiger charge is 2.28. The molecule has 1 fully saturated rings. The van der Waals surface area contributed by atoms with Gasteiger partial charge in [-0.2, -0.15) is 0 Å². The van der Waals surface area contributed by atoms with E-state index in [1.807, 2.05) is 14.0 Å². The van der Waals surface area contributed by atoms with Crippen LogP contribution in [0.15, 0.2) is 53.4 Å². The van der Waals surface area contributed by atoms with Crippen molar-refractivity contribution in [1.82, 2.24) is 10.2 Å². The van der Waals surface area contributed by atoms with Gasteiger partial charge in [-0.1, -0.05) is 29.8 Å². The number of aryl methyl sites for hydroxylation is 1. The van der Waals surface area contributed by atoms with E-state index in [1.165, 1.54) is 0 Å². The molecule has 0 radical (unpaired) electrons. The molecule has 1 atom stereocenters. The first kappa shape index (κ1) is 22.2. The zero-order valence-corrected chi connectivity index (χ0v) is 17.6. The third kappa shape index (κ3) is 5.04. The molecule has 3 rings (SSSR count). The number of hydrogen-bond donors (Lipinski definition) is 2.